The third kappa shape index (κ3) is 3.56. The Kier molecular flexibility index (Phi) is 4.96. The summed E-state index contributed by atoms with van der Waals surface area (Å²) < 4.78 is 2.10. The molecule has 19 heavy (non-hydrogen) atoms. The first-order valence-corrected chi connectivity index (χ1v) is 7.18. The highest BCUT2D eigenvalue weighted by Crippen LogP contribution is 2.27. The quantitative estimate of drug-likeness (QED) is 0.857. The van der Waals surface area contributed by atoms with Gasteiger partial charge >= 0.3 is 5.97 Å². The monoisotopic (exact) mass is 265 g/mol. The van der Waals surface area contributed by atoms with Crippen LogP contribution < -0.4 is 0 Å². The minimum Gasteiger partial charge on any atom is -0.481 e. The number of rotatable bonds is 6. The third-order valence-electron chi connectivity index (χ3n) is 3.75. The van der Waals surface area contributed by atoms with Crippen molar-refractivity contribution in [2.24, 2.45) is 0 Å². The Morgan fingerprint density at radius 3 is 2.79 bits per heavy atom. The molecule has 1 N–H and O–H groups in total. The Bertz CT molecular complexity index is 411. The van der Waals surface area contributed by atoms with Crippen molar-refractivity contribution in [3.05, 3.63) is 18.2 Å². The fourth-order valence-electron chi connectivity index (χ4n) is 2.85. The molecule has 0 aliphatic carbocycles. The lowest BCUT2D eigenvalue weighted by atomic mass is 10.0. The number of hydrogen-bond acceptors (Lipinski definition) is 3. The van der Waals surface area contributed by atoms with Crippen LogP contribution in [0.5, 0.6) is 0 Å². The van der Waals surface area contributed by atoms with E-state index in [9.17, 15) is 9.90 Å². The number of nitrogens with zero attached hydrogens (tertiary/aromatic N) is 3. The van der Waals surface area contributed by atoms with Gasteiger partial charge in [-0.25, -0.2) is 4.98 Å². The van der Waals surface area contributed by atoms with Gasteiger partial charge in [-0.15, -0.1) is 0 Å². The highest BCUT2D eigenvalue weighted by Gasteiger charge is 2.27. The number of aryl methyl sites for hydroxylation is 1. The van der Waals surface area contributed by atoms with Crippen LogP contribution in [-0.4, -0.2) is 38.6 Å². The number of likely N-dealkylation sites (tertiary alicyclic amines) is 1. The third-order valence-corrected chi connectivity index (χ3v) is 3.75. The van der Waals surface area contributed by atoms with E-state index in [1.807, 2.05) is 12.5 Å². The normalized spacial score (nSPS) is 18.4. The van der Waals surface area contributed by atoms with Crippen LogP contribution in [0.3, 0.4) is 0 Å². The van der Waals surface area contributed by atoms with Gasteiger partial charge < -0.3 is 9.67 Å². The number of hydrogen-bond donors (Lipinski definition) is 1. The van der Waals surface area contributed by atoms with Gasteiger partial charge in [-0.3, -0.25) is 9.69 Å². The first-order valence-electron chi connectivity index (χ1n) is 7.18. The summed E-state index contributed by atoms with van der Waals surface area (Å²) in [6.45, 7) is 5.01. The molecule has 2 rings (SSSR count). The van der Waals surface area contributed by atoms with E-state index in [2.05, 4.69) is 21.4 Å². The molecule has 1 aromatic rings. The van der Waals surface area contributed by atoms with E-state index in [1.165, 1.54) is 6.42 Å². The van der Waals surface area contributed by atoms with E-state index in [0.29, 0.717) is 0 Å². The summed E-state index contributed by atoms with van der Waals surface area (Å²) in [4.78, 5) is 17.7. The fourth-order valence-corrected chi connectivity index (χ4v) is 2.85. The Hall–Kier alpha value is -1.36. The van der Waals surface area contributed by atoms with Gasteiger partial charge in [0.2, 0.25) is 0 Å². The van der Waals surface area contributed by atoms with E-state index >= 15 is 0 Å². The van der Waals surface area contributed by atoms with Gasteiger partial charge in [0, 0.05) is 12.7 Å². The lowest BCUT2D eigenvalue weighted by molar-refractivity contribution is -0.138. The summed E-state index contributed by atoms with van der Waals surface area (Å²) in [5, 5.41) is 9.18. The zero-order chi connectivity index (χ0) is 13.7. The number of carbonyl (C=O) groups is 1. The molecule has 1 atom stereocenters. The molecule has 0 bridgehead atoms. The zero-order valence-electron chi connectivity index (χ0n) is 11.6. The van der Waals surface area contributed by atoms with Crippen LogP contribution in [0.4, 0.5) is 0 Å². The summed E-state index contributed by atoms with van der Waals surface area (Å²) >= 11 is 0. The molecular formula is C14H23N3O2. The van der Waals surface area contributed by atoms with E-state index in [1.54, 1.807) is 0 Å². The van der Waals surface area contributed by atoms with Crippen LogP contribution in [0.2, 0.25) is 0 Å². The SMILES string of the molecule is CCCn1cncc1C(CC(=O)O)N1CCCCC1. The maximum Gasteiger partial charge on any atom is 0.305 e. The van der Waals surface area contributed by atoms with Crippen LogP contribution in [0.15, 0.2) is 12.5 Å². The molecule has 0 amide bonds. The summed E-state index contributed by atoms with van der Waals surface area (Å²) in [6, 6.07) is -0.0353. The predicted octanol–water partition coefficient (Wildman–Crippen LogP) is 2.29. The van der Waals surface area contributed by atoms with Gasteiger partial charge in [-0.05, 0) is 32.4 Å². The molecule has 5 nitrogen and oxygen atoms in total. The number of aliphatic carboxylic acids is 1. The van der Waals surface area contributed by atoms with Crippen molar-refractivity contribution in [2.45, 2.75) is 51.6 Å². The standard InChI is InChI=1S/C14H23N3O2/c1-2-6-17-11-15-10-13(17)12(9-14(18)19)16-7-4-3-5-8-16/h10-12H,2-9H2,1H3,(H,18,19). The van der Waals surface area contributed by atoms with Crippen molar-refractivity contribution >= 4 is 5.97 Å². The number of piperidine rings is 1. The summed E-state index contributed by atoms with van der Waals surface area (Å²) in [5.74, 6) is -0.736. The maximum atomic E-state index is 11.2. The van der Waals surface area contributed by atoms with E-state index in [-0.39, 0.29) is 12.5 Å². The predicted molar refractivity (Wildman–Crippen MR) is 72.9 cm³/mol. The van der Waals surface area contributed by atoms with Crippen LogP contribution >= 0.6 is 0 Å². The van der Waals surface area contributed by atoms with Crippen molar-refractivity contribution in [3.63, 3.8) is 0 Å². The lowest BCUT2D eigenvalue weighted by Crippen LogP contribution is -2.36. The molecule has 0 radical (unpaired) electrons. The molecule has 0 saturated carbocycles. The van der Waals surface area contributed by atoms with Gasteiger partial charge in [0.15, 0.2) is 0 Å². The Morgan fingerprint density at radius 2 is 2.16 bits per heavy atom. The first-order chi connectivity index (χ1) is 9.22. The van der Waals surface area contributed by atoms with Gasteiger partial charge in [0.05, 0.1) is 24.5 Å². The van der Waals surface area contributed by atoms with E-state index in [0.717, 1.165) is 44.6 Å². The van der Waals surface area contributed by atoms with Gasteiger partial charge in [-0.2, -0.15) is 0 Å². The molecule has 0 aromatic carbocycles. The zero-order valence-corrected chi connectivity index (χ0v) is 11.6. The van der Waals surface area contributed by atoms with Crippen LogP contribution in [0, 0.1) is 0 Å². The highest BCUT2D eigenvalue weighted by atomic mass is 16.4. The second kappa shape index (κ2) is 6.70. The molecule has 1 fully saturated rings. The minimum atomic E-state index is -0.736. The fraction of sp³-hybridized carbons (Fsp3) is 0.714. The molecule has 0 spiro atoms. The molecule has 1 aliphatic heterocycles. The highest BCUT2D eigenvalue weighted by molar-refractivity contribution is 5.67. The van der Waals surface area contributed by atoms with Crippen molar-refractivity contribution in [1.29, 1.82) is 0 Å². The number of carboxylic acid groups (broad SMARTS) is 1. The van der Waals surface area contributed by atoms with Crippen molar-refractivity contribution < 1.29 is 9.90 Å². The molecule has 2 heterocycles. The molecule has 1 unspecified atom stereocenters. The topological polar surface area (TPSA) is 58.4 Å². The number of imidazole rings is 1. The van der Waals surface area contributed by atoms with E-state index < -0.39 is 5.97 Å². The number of aromatic nitrogens is 2. The second-order valence-electron chi connectivity index (χ2n) is 5.22. The molecule has 5 heteroatoms. The number of carboxylic acids is 1. The Balaban J connectivity index is 2.19. The molecule has 1 aliphatic rings. The second-order valence-corrected chi connectivity index (χ2v) is 5.22. The van der Waals surface area contributed by atoms with Crippen molar-refractivity contribution in [1.82, 2.24) is 14.5 Å². The molecular weight excluding hydrogens is 242 g/mol. The van der Waals surface area contributed by atoms with E-state index in [4.69, 9.17) is 0 Å². The summed E-state index contributed by atoms with van der Waals surface area (Å²) in [5.41, 5.74) is 1.05. The average molecular weight is 265 g/mol. The summed E-state index contributed by atoms with van der Waals surface area (Å²) in [7, 11) is 0. The Morgan fingerprint density at radius 1 is 1.42 bits per heavy atom. The summed E-state index contributed by atoms with van der Waals surface area (Å²) in [6.07, 6.45) is 8.43. The van der Waals surface area contributed by atoms with Gasteiger partial charge in [0.1, 0.15) is 0 Å². The van der Waals surface area contributed by atoms with Crippen LogP contribution in [0.25, 0.3) is 0 Å². The molecule has 106 valence electrons. The lowest BCUT2D eigenvalue weighted by Gasteiger charge is -2.34. The smallest absolute Gasteiger partial charge is 0.305 e. The molecule has 1 saturated heterocycles. The van der Waals surface area contributed by atoms with Crippen LogP contribution in [0.1, 0.15) is 50.8 Å². The average Bonchev–Trinajstić information content (AvgIpc) is 2.85. The maximum absolute atomic E-state index is 11.2. The van der Waals surface area contributed by atoms with Crippen molar-refractivity contribution in [2.75, 3.05) is 13.1 Å². The van der Waals surface area contributed by atoms with Crippen molar-refractivity contribution in [3.8, 4) is 0 Å². The molecule has 1 aromatic heterocycles. The van der Waals surface area contributed by atoms with Gasteiger partial charge in [-0.1, -0.05) is 13.3 Å². The van der Waals surface area contributed by atoms with Gasteiger partial charge in [0.25, 0.3) is 0 Å². The van der Waals surface area contributed by atoms with Crippen LogP contribution in [-0.2, 0) is 11.3 Å². The minimum absolute atomic E-state index is 0.0353. The largest absolute Gasteiger partial charge is 0.481 e. The first kappa shape index (κ1) is 14.1. The Labute approximate surface area is 114 Å².